The Kier molecular flexibility index (Phi) is 24.6. The van der Waals surface area contributed by atoms with Crippen LogP contribution >= 0.6 is 0 Å². The number of aliphatic hydroxyl groups excluding tert-OH is 1. The third-order valence-electron chi connectivity index (χ3n) is 5.47. The third-order valence-corrected chi connectivity index (χ3v) is 6.76. The summed E-state index contributed by atoms with van der Waals surface area (Å²) in [6, 6.07) is 0. The zero-order valence-electron chi connectivity index (χ0n) is 19.0. The molecule has 0 amide bonds. The molecule has 0 aliphatic heterocycles. The average molecular weight is 445 g/mol. The van der Waals surface area contributed by atoms with Gasteiger partial charge >= 0.3 is 51.4 Å². The topological polar surface area (TPSA) is 77.4 Å². The van der Waals surface area contributed by atoms with Crippen LogP contribution in [0.25, 0.3) is 0 Å². The maximum atomic E-state index is 11.2. The third kappa shape index (κ3) is 20.8. The summed E-state index contributed by atoms with van der Waals surface area (Å²) in [4.78, 5) is 0. The first kappa shape index (κ1) is 31.7. The largest absolute Gasteiger partial charge is 1.00 e. The minimum atomic E-state index is -4.12. The molecule has 1 N–H and O–H groups in total. The van der Waals surface area contributed by atoms with Gasteiger partial charge in [-0.3, -0.25) is 0 Å². The van der Waals surface area contributed by atoms with E-state index in [4.69, 9.17) is 0 Å². The van der Waals surface area contributed by atoms with Gasteiger partial charge in [0, 0.05) is 5.25 Å². The van der Waals surface area contributed by atoms with Crippen LogP contribution in [0.1, 0.15) is 129 Å². The van der Waals surface area contributed by atoms with Crippen molar-refractivity contribution in [2.24, 2.45) is 0 Å². The molecule has 0 rings (SSSR count). The molecule has 4 nitrogen and oxygen atoms in total. The van der Waals surface area contributed by atoms with Gasteiger partial charge in [0.1, 0.15) is 0 Å². The Morgan fingerprint density at radius 1 is 0.643 bits per heavy atom. The molecule has 0 aromatic heterocycles. The van der Waals surface area contributed by atoms with E-state index in [0.717, 1.165) is 51.4 Å². The Hall–Kier alpha value is 1.51. The fraction of sp³-hybridized carbons (Fsp3) is 1.00. The van der Waals surface area contributed by atoms with Crippen LogP contribution in [0.5, 0.6) is 0 Å². The second-order valence-corrected chi connectivity index (χ2v) is 9.82. The molecule has 0 saturated heterocycles. The number of unbranched alkanes of at least 4 members (excludes halogenated alkanes) is 11. The van der Waals surface area contributed by atoms with Crippen LogP contribution in [0.4, 0.5) is 0 Å². The molecule has 0 bridgehead atoms. The molecule has 28 heavy (non-hydrogen) atoms. The van der Waals surface area contributed by atoms with Crippen molar-refractivity contribution in [3.05, 3.63) is 0 Å². The van der Waals surface area contributed by atoms with E-state index in [2.05, 4.69) is 6.92 Å². The standard InChI is InChI=1S/C22H46O4S.K/c1-3-5-14-18-21(23)19-15-12-10-8-6-7-9-11-13-16-20-22(17-4-2)27(24,25)26;/h21-23H,3-20H2,1-2H3,(H,24,25,26);/q;+1/p-1. The van der Waals surface area contributed by atoms with Crippen LogP contribution in [0, 0.1) is 0 Å². The molecule has 0 aromatic rings. The van der Waals surface area contributed by atoms with E-state index in [-0.39, 0.29) is 57.5 Å². The predicted octanol–water partition coefficient (Wildman–Crippen LogP) is 3.33. The van der Waals surface area contributed by atoms with Crippen molar-refractivity contribution in [1.29, 1.82) is 0 Å². The van der Waals surface area contributed by atoms with Crippen molar-refractivity contribution in [3.8, 4) is 0 Å². The fourth-order valence-corrected chi connectivity index (χ4v) is 4.68. The summed E-state index contributed by atoms with van der Waals surface area (Å²) in [6.07, 6.45) is 18.9. The molecular formula is C22H45KO4S. The van der Waals surface area contributed by atoms with Crippen LogP contribution < -0.4 is 51.4 Å². The second kappa shape index (κ2) is 21.7. The quantitative estimate of drug-likeness (QED) is 0.177. The van der Waals surface area contributed by atoms with E-state index in [9.17, 15) is 18.1 Å². The summed E-state index contributed by atoms with van der Waals surface area (Å²) < 4.78 is 33.5. The number of hydrogen-bond donors (Lipinski definition) is 1. The summed E-state index contributed by atoms with van der Waals surface area (Å²) in [5.74, 6) is 0. The molecule has 0 fully saturated rings. The molecule has 0 saturated carbocycles. The Labute approximate surface area is 218 Å². The fourth-order valence-electron chi connectivity index (χ4n) is 3.70. The van der Waals surface area contributed by atoms with Gasteiger partial charge in [-0.2, -0.15) is 0 Å². The monoisotopic (exact) mass is 444 g/mol. The predicted molar refractivity (Wildman–Crippen MR) is 114 cm³/mol. The molecule has 0 aliphatic carbocycles. The van der Waals surface area contributed by atoms with Gasteiger partial charge in [-0.15, -0.1) is 0 Å². The number of rotatable bonds is 20. The molecule has 0 spiro atoms. The summed E-state index contributed by atoms with van der Waals surface area (Å²) in [5, 5.41) is 9.20. The molecule has 6 heteroatoms. The molecule has 2 unspecified atom stereocenters. The molecule has 2 atom stereocenters. The van der Waals surface area contributed by atoms with E-state index < -0.39 is 15.4 Å². The molecule has 0 aromatic carbocycles. The van der Waals surface area contributed by atoms with E-state index in [1.165, 1.54) is 51.4 Å². The Bertz CT molecular complexity index is 415. The SMILES string of the molecule is CCCCCC(O)CCCCCCCCCCCCC(CCC)S(=O)(=O)[O-].[K+]. The summed E-state index contributed by atoms with van der Waals surface area (Å²) in [7, 11) is -4.12. The van der Waals surface area contributed by atoms with Crippen LogP contribution in [0.15, 0.2) is 0 Å². The van der Waals surface area contributed by atoms with Gasteiger partial charge in [-0.1, -0.05) is 104 Å². The first-order valence-electron chi connectivity index (χ1n) is 11.5. The molecular weight excluding hydrogens is 399 g/mol. The van der Waals surface area contributed by atoms with Gasteiger partial charge in [0.2, 0.25) is 0 Å². The van der Waals surface area contributed by atoms with Crippen molar-refractivity contribution < 1.29 is 69.5 Å². The zero-order chi connectivity index (χ0) is 20.4. The number of aliphatic hydroxyl groups is 1. The van der Waals surface area contributed by atoms with Crippen molar-refractivity contribution in [2.45, 2.75) is 141 Å². The van der Waals surface area contributed by atoms with Crippen LogP contribution in [-0.2, 0) is 10.1 Å². The Morgan fingerprint density at radius 3 is 1.43 bits per heavy atom. The van der Waals surface area contributed by atoms with Crippen molar-refractivity contribution >= 4 is 10.1 Å². The molecule has 0 heterocycles. The Morgan fingerprint density at radius 2 is 1.04 bits per heavy atom. The van der Waals surface area contributed by atoms with E-state index in [1.54, 1.807) is 0 Å². The van der Waals surface area contributed by atoms with Crippen LogP contribution in [-0.4, -0.2) is 29.4 Å². The van der Waals surface area contributed by atoms with E-state index >= 15 is 0 Å². The Balaban J connectivity index is 0. The molecule has 164 valence electrons. The van der Waals surface area contributed by atoms with Crippen molar-refractivity contribution in [1.82, 2.24) is 0 Å². The smallest absolute Gasteiger partial charge is 0.748 e. The maximum absolute atomic E-state index is 11.2. The van der Waals surface area contributed by atoms with Crippen molar-refractivity contribution in [2.75, 3.05) is 0 Å². The van der Waals surface area contributed by atoms with Crippen molar-refractivity contribution in [3.63, 3.8) is 0 Å². The van der Waals surface area contributed by atoms with Gasteiger partial charge in [0.25, 0.3) is 0 Å². The second-order valence-electron chi connectivity index (χ2n) is 8.17. The number of hydrogen-bond acceptors (Lipinski definition) is 4. The maximum Gasteiger partial charge on any atom is 1.00 e. The van der Waals surface area contributed by atoms with Gasteiger partial charge in [-0.25, -0.2) is 8.42 Å². The van der Waals surface area contributed by atoms with Gasteiger partial charge < -0.3 is 9.66 Å². The average Bonchev–Trinajstić information content (AvgIpc) is 2.61. The van der Waals surface area contributed by atoms with Crippen LogP contribution in [0.2, 0.25) is 0 Å². The van der Waals surface area contributed by atoms with Gasteiger partial charge in [0.05, 0.1) is 16.2 Å². The molecule has 0 aliphatic rings. The first-order valence-corrected chi connectivity index (χ1v) is 13.0. The zero-order valence-corrected chi connectivity index (χ0v) is 22.9. The summed E-state index contributed by atoms with van der Waals surface area (Å²) >= 11 is 0. The summed E-state index contributed by atoms with van der Waals surface area (Å²) in [6.45, 7) is 4.12. The summed E-state index contributed by atoms with van der Waals surface area (Å²) in [5.41, 5.74) is 0. The van der Waals surface area contributed by atoms with Gasteiger partial charge in [-0.05, 0) is 25.7 Å². The van der Waals surface area contributed by atoms with E-state index in [1.807, 2.05) is 6.92 Å². The van der Waals surface area contributed by atoms with Crippen LogP contribution in [0.3, 0.4) is 0 Å². The first-order chi connectivity index (χ1) is 12.9. The van der Waals surface area contributed by atoms with Gasteiger partial charge in [0.15, 0.2) is 0 Å². The van der Waals surface area contributed by atoms with E-state index in [0.29, 0.717) is 12.8 Å². The molecule has 0 radical (unpaired) electrons. The minimum absolute atomic E-state index is 0. The minimum Gasteiger partial charge on any atom is -0.748 e. The normalized spacial score (nSPS) is 13.9.